The summed E-state index contributed by atoms with van der Waals surface area (Å²) < 4.78 is 15.7. The Labute approximate surface area is 152 Å². The van der Waals surface area contributed by atoms with Crippen LogP contribution in [-0.4, -0.2) is 32.7 Å². The third-order valence-corrected chi connectivity index (χ3v) is 4.33. The molecule has 24 heavy (non-hydrogen) atoms. The van der Waals surface area contributed by atoms with Gasteiger partial charge in [-0.3, -0.25) is 4.79 Å². The molecule has 0 radical (unpaired) electrons. The molecular weight excluding hydrogens is 377 g/mol. The molecule has 1 heterocycles. The molecule has 0 spiro atoms. The summed E-state index contributed by atoms with van der Waals surface area (Å²) in [5.74, 6) is -0.208. The van der Waals surface area contributed by atoms with Crippen molar-refractivity contribution in [2.75, 3.05) is 26.1 Å². The molecule has 1 N–H and O–H groups in total. The lowest BCUT2D eigenvalue weighted by Crippen LogP contribution is -2.20. The van der Waals surface area contributed by atoms with Crippen molar-refractivity contribution in [1.82, 2.24) is 0 Å². The Hall–Kier alpha value is -1.96. The first-order chi connectivity index (χ1) is 11.4. The van der Waals surface area contributed by atoms with Crippen LogP contribution in [0.5, 0.6) is 11.5 Å². The largest absolute Gasteiger partial charge is 0.497 e. The maximum Gasteiger partial charge on any atom is 0.341 e. The van der Waals surface area contributed by atoms with Gasteiger partial charge in [0.1, 0.15) is 15.8 Å². The van der Waals surface area contributed by atoms with E-state index in [4.69, 9.17) is 37.4 Å². The summed E-state index contributed by atoms with van der Waals surface area (Å²) in [6.07, 6.45) is 0. The van der Waals surface area contributed by atoms with E-state index in [1.165, 1.54) is 20.3 Å². The maximum atomic E-state index is 11.9. The van der Waals surface area contributed by atoms with E-state index in [0.717, 1.165) is 11.3 Å². The van der Waals surface area contributed by atoms with E-state index < -0.39 is 18.5 Å². The zero-order chi connectivity index (χ0) is 17.7. The number of methoxy groups -OCH3 is 2. The fraction of sp³-hybridized carbons (Fsp3) is 0.200. The third kappa shape index (κ3) is 4.77. The maximum absolute atomic E-state index is 11.9. The number of esters is 1. The van der Waals surface area contributed by atoms with Crippen molar-refractivity contribution in [3.63, 3.8) is 0 Å². The number of halogens is 2. The van der Waals surface area contributed by atoms with Crippen LogP contribution in [0.25, 0.3) is 0 Å². The monoisotopic (exact) mass is 389 g/mol. The highest BCUT2D eigenvalue weighted by atomic mass is 35.5. The van der Waals surface area contributed by atoms with Gasteiger partial charge in [0.2, 0.25) is 0 Å². The molecule has 0 saturated carbocycles. The summed E-state index contributed by atoms with van der Waals surface area (Å²) in [6, 6.07) is 6.27. The number of thiophene rings is 1. The predicted molar refractivity (Wildman–Crippen MR) is 92.8 cm³/mol. The van der Waals surface area contributed by atoms with Crippen LogP contribution in [0, 0.1) is 0 Å². The molecule has 128 valence electrons. The van der Waals surface area contributed by atoms with Gasteiger partial charge in [-0.15, -0.1) is 11.3 Å². The zero-order valence-electron chi connectivity index (χ0n) is 12.7. The molecule has 0 aliphatic heterocycles. The summed E-state index contributed by atoms with van der Waals surface area (Å²) in [5.41, 5.74) is 0.575. The standard InChI is InChI=1S/C15H13Cl2NO5S/c1-21-9-3-8(4-10(5-9)22-2)18-13(19)7-23-15(20)11-6-12(16)24-14(11)17/h3-6H,7H2,1-2H3,(H,18,19). The van der Waals surface area contributed by atoms with Crippen molar-refractivity contribution in [2.45, 2.75) is 0 Å². The average molecular weight is 390 g/mol. The fourth-order valence-corrected chi connectivity index (χ4v) is 3.21. The van der Waals surface area contributed by atoms with Crippen molar-refractivity contribution >= 4 is 52.1 Å². The van der Waals surface area contributed by atoms with E-state index in [2.05, 4.69) is 5.32 Å². The summed E-state index contributed by atoms with van der Waals surface area (Å²) in [6.45, 7) is -0.470. The molecular formula is C15H13Cl2NO5S. The average Bonchev–Trinajstić information content (AvgIpc) is 2.90. The molecule has 0 aliphatic carbocycles. The smallest absolute Gasteiger partial charge is 0.341 e. The second-order valence-electron chi connectivity index (χ2n) is 4.46. The van der Waals surface area contributed by atoms with Gasteiger partial charge >= 0.3 is 5.97 Å². The quantitative estimate of drug-likeness (QED) is 0.759. The van der Waals surface area contributed by atoms with Crippen LogP contribution in [0.2, 0.25) is 8.67 Å². The van der Waals surface area contributed by atoms with E-state index in [1.807, 2.05) is 0 Å². The molecule has 6 nitrogen and oxygen atoms in total. The lowest BCUT2D eigenvalue weighted by Gasteiger charge is -2.10. The van der Waals surface area contributed by atoms with Gasteiger partial charge in [0, 0.05) is 23.9 Å². The molecule has 0 atom stereocenters. The Kier molecular flexibility index (Phi) is 6.30. The van der Waals surface area contributed by atoms with Crippen LogP contribution in [0.15, 0.2) is 24.3 Å². The Morgan fingerprint density at radius 1 is 1.08 bits per heavy atom. The van der Waals surface area contributed by atoms with Crippen LogP contribution < -0.4 is 14.8 Å². The number of amides is 1. The van der Waals surface area contributed by atoms with Crippen LogP contribution in [0.1, 0.15) is 10.4 Å². The first-order valence-electron chi connectivity index (χ1n) is 6.57. The van der Waals surface area contributed by atoms with Gasteiger partial charge in [0.15, 0.2) is 6.61 Å². The molecule has 0 fully saturated rings. The summed E-state index contributed by atoms with van der Waals surface area (Å²) in [4.78, 5) is 23.8. The first-order valence-corrected chi connectivity index (χ1v) is 8.15. The van der Waals surface area contributed by atoms with E-state index in [9.17, 15) is 9.59 Å². The molecule has 1 amide bonds. The Morgan fingerprint density at radius 2 is 1.71 bits per heavy atom. The van der Waals surface area contributed by atoms with Crippen molar-refractivity contribution in [3.8, 4) is 11.5 Å². The second kappa shape index (κ2) is 8.23. The van der Waals surface area contributed by atoms with Crippen molar-refractivity contribution < 1.29 is 23.8 Å². The number of anilines is 1. The van der Waals surface area contributed by atoms with Gasteiger partial charge in [-0.1, -0.05) is 23.2 Å². The molecule has 2 rings (SSSR count). The molecule has 0 bridgehead atoms. The number of carbonyl (C=O) groups excluding carboxylic acids is 2. The minimum atomic E-state index is -0.721. The highest BCUT2D eigenvalue weighted by molar-refractivity contribution is 7.20. The van der Waals surface area contributed by atoms with Crippen LogP contribution in [-0.2, 0) is 9.53 Å². The van der Waals surface area contributed by atoms with E-state index >= 15 is 0 Å². The van der Waals surface area contributed by atoms with Crippen LogP contribution >= 0.6 is 34.5 Å². The predicted octanol–water partition coefficient (Wildman–Crippen LogP) is 3.87. The number of rotatable bonds is 6. The van der Waals surface area contributed by atoms with Crippen molar-refractivity contribution in [1.29, 1.82) is 0 Å². The van der Waals surface area contributed by atoms with E-state index in [1.54, 1.807) is 18.2 Å². The lowest BCUT2D eigenvalue weighted by atomic mass is 10.2. The van der Waals surface area contributed by atoms with Crippen LogP contribution in [0.4, 0.5) is 5.69 Å². The van der Waals surface area contributed by atoms with Gasteiger partial charge in [-0.05, 0) is 6.07 Å². The molecule has 0 saturated heterocycles. The minimum Gasteiger partial charge on any atom is -0.497 e. The Bertz CT molecular complexity index is 740. The number of hydrogen-bond acceptors (Lipinski definition) is 6. The van der Waals surface area contributed by atoms with Gasteiger partial charge in [0.05, 0.1) is 24.1 Å². The topological polar surface area (TPSA) is 73.9 Å². The molecule has 1 aromatic heterocycles. The third-order valence-electron chi connectivity index (χ3n) is 2.85. The van der Waals surface area contributed by atoms with Crippen molar-refractivity contribution in [3.05, 3.63) is 38.5 Å². The number of ether oxygens (including phenoxy) is 3. The normalized spacial score (nSPS) is 10.2. The fourth-order valence-electron chi connectivity index (χ4n) is 1.76. The number of carbonyl (C=O) groups is 2. The second-order valence-corrected chi connectivity index (χ2v) is 6.75. The first kappa shape index (κ1) is 18.4. The Morgan fingerprint density at radius 3 is 2.21 bits per heavy atom. The summed E-state index contributed by atoms with van der Waals surface area (Å²) in [7, 11) is 3.00. The van der Waals surface area contributed by atoms with E-state index in [0.29, 0.717) is 21.5 Å². The molecule has 0 unspecified atom stereocenters. The number of benzene rings is 1. The SMILES string of the molecule is COc1cc(NC(=O)COC(=O)c2cc(Cl)sc2Cl)cc(OC)c1. The summed E-state index contributed by atoms with van der Waals surface area (Å²) >= 11 is 12.7. The van der Waals surface area contributed by atoms with Gasteiger partial charge in [0.25, 0.3) is 5.91 Å². The van der Waals surface area contributed by atoms with Gasteiger partial charge < -0.3 is 19.5 Å². The molecule has 1 aromatic carbocycles. The molecule has 2 aromatic rings. The number of hydrogen-bond donors (Lipinski definition) is 1. The lowest BCUT2D eigenvalue weighted by molar-refractivity contribution is -0.119. The van der Waals surface area contributed by atoms with Gasteiger partial charge in [-0.25, -0.2) is 4.79 Å². The van der Waals surface area contributed by atoms with Crippen molar-refractivity contribution in [2.24, 2.45) is 0 Å². The highest BCUT2D eigenvalue weighted by Gasteiger charge is 2.17. The highest BCUT2D eigenvalue weighted by Crippen LogP contribution is 2.31. The zero-order valence-corrected chi connectivity index (χ0v) is 15.1. The van der Waals surface area contributed by atoms with E-state index in [-0.39, 0.29) is 9.90 Å². The molecule has 9 heteroatoms. The summed E-state index contributed by atoms with van der Waals surface area (Å²) in [5, 5.41) is 2.59. The minimum absolute atomic E-state index is 0.127. The molecule has 0 aliphatic rings. The number of nitrogens with one attached hydrogen (secondary N) is 1. The van der Waals surface area contributed by atoms with Crippen LogP contribution in [0.3, 0.4) is 0 Å². The van der Waals surface area contributed by atoms with Gasteiger partial charge in [-0.2, -0.15) is 0 Å². The Balaban J connectivity index is 1.96.